The summed E-state index contributed by atoms with van der Waals surface area (Å²) in [5.74, 6) is 0.976. The van der Waals surface area contributed by atoms with Crippen molar-refractivity contribution in [2.24, 2.45) is 0 Å². The van der Waals surface area contributed by atoms with Gasteiger partial charge in [-0.05, 0) is 49.6 Å². The third-order valence-electron chi connectivity index (χ3n) is 4.41. The van der Waals surface area contributed by atoms with Gasteiger partial charge in [0.2, 0.25) is 0 Å². The average Bonchev–Trinajstić information content (AvgIpc) is 3.39. The van der Waals surface area contributed by atoms with E-state index in [1.54, 1.807) is 16.8 Å². The molecule has 1 aliphatic rings. The molecule has 1 aromatic carbocycles. The molecule has 0 bridgehead atoms. The number of benzene rings is 1. The van der Waals surface area contributed by atoms with Crippen LogP contribution in [0, 0.1) is 12.7 Å². The fourth-order valence-corrected chi connectivity index (χ4v) is 3.07. The molecule has 2 aromatic heterocycles. The van der Waals surface area contributed by atoms with Crippen molar-refractivity contribution < 1.29 is 9.50 Å². The molecule has 5 heteroatoms. The molecule has 1 fully saturated rings. The van der Waals surface area contributed by atoms with E-state index >= 15 is 0 Å². The maximum Gasteiger partial charge on any atom is 0.154 e. The van der Waals surface area contributed by atoms with Crippen LogP contribution in [0.5, 0.6) is 0 Å². The Balaban J connectivity index is 1.83. The van der Waals surface area contributed by atoms with Crippen LogP contribution in [0.2, 0.25) is 0 Å². The van der Waals surface area contributed by atoms with E-state index < -0.39 is 0 Å². The van der Waals surface area contributed by atoms with Crippen LogP contribution in [0.15, 0.2) is 42.5 Å². The first-order valence-corrected chi connectivity index (χ1v) is 8.10. The predicted molar refractivity (Wildman–Crippen MR) is 89.4 cm³/mol. The highest BCUT2D eigenvalue weighted by molar-refractivity contribution is 5.69. The van der Waals surface area contributed by atoms with Gasteiger partial charge >= 0.3 is 0 Å². The highest BCUT2D eigenvalue weighted by Gasteiger charge is 2.26. The summed E-state index contributed by atoms with van der Waals surface area (Å²) in [6, 6.07) is 12.2. The highest BCUT2D eigenvalue weighted by atomic mass is 19.1. The van der Waals surface area contributed by atoms with E-state index in [1.165, 1.54) is 25.0 Å². The van der Waals surface area contributed by atoms with Gasteiger partial charge in [-0.25, -0.2) is 14.1 Å². The van der Waals surface area contributed by atoms with Crippen molar-refractivity contribution >= 4 is 0 Å². The number of aliphatic hydroxyl groups is 1. The van der Waals surface area contributed by atoms with Crippen molar-refractivity contribution in [2.75, 3.05) is 0 Å². The van der Waals surface area contributed by atoms with Gasteiger partial charge in [-0.2, -0.15) is 5.10 Å². The Bertz CT molecular complexity index is 882. The molecule has 3 aromatic rings. The monoisotopic (exact) mass is 323 g/mol. The maximum atomic E-state index is 13.2. The molecule has 0 aliphatic heterocycles. The quantitative estimate of drug-likeness (QED) is 0.795. The van der Waals surface area contributed by atoms with Gasteiger partial charge < -0.3 is 5.11 Å². The molecule has 0 amide bonds. The van der Waals surface area contributed by atoms with Crippen molar-refractivity contribution in [1.29, 1.82) is 0 Å². The fraction of sp³-hybridized carbons (Fsp3) is 0.263. The lowest BCUT2D eigenvalue weighted by Crippen LogP contribution is -2.06. The molecule has 24 heavy (non-hydrogen) atoms. The Hall–Kier alpha value is -2.53. The number of pyridine rings is 1. The summed E-state index contributed by atoms with van der Waals surface area (Å²) in [4.78, 5) is 4.71. The van der Waals surface area contributed by atoms with Crippen LogP contribution in [-0.2, 0) is 6.61 Å². The largest absolute Gasteiger partial charge is 0.390 e. The topological polar surface area (TPSA) is 50.9 Å². The molecule has 0 unspecified atom stereocenters. The number of halogens is 1. The zero-order valence-corrected chi connectivity index (χ0v) is 13.4. The molecular formula is C19H18FN3O. The lowest BCUT2D eigenvalue weighted by atomic mass is 10.0. The van der Waals surface area contributed by atoms with Gasteiger partial charge in [-0.3, -0.25) is 0 Å². The lowest BCUT2D eigenvalue weighted by molar-refractivity contribution is 0.273. The molecule has 0 atom stereocenters. The van der Waals surface area contributed by atoms with Crippen molar-refractivity contribution in [2.45, 2.75) is 32.3 Å². The molecule has 1 saturated carbocycles. The summed E-state index contributed by atoms with van der Waals surface area (Å²) in [5.41, 5.74) is 4.19. The van der Waals surface area contributed by atoms with Crippen LogP contribution in [0.1, 0.15) is 35.8 Å². The van der Waals surface area contributed by atoms with E-state index in [1.807, 2.05) is 25.1 Å². The first-order valence-electron chi connectivity index (χ1n) is 8.10. The minimum Gasteiger partial charge on any atom is -0.390 e. The van der Waals surface area contributed by atoms with E-state index in [0.29, 0.717) is 17.4 Å². The van der Waals surface area contributed by atoms with Crippen LogP contribution >= 0.6 is 0 Å². The molecule has 2 heterocycles. The molecule has 0 saturated heterocycles. The summed E-state index contributed by atoms with van der Waals surface area (Å²) in [5, 5.41) is 14.5. The Morgan fingerprint density at radius 2 is 1.92 bits per heavy atom. The normalized spacial score (nSPS) is 14.1. The Labute approximate surface area is 139 Å². The number of nitrogens with zero attached hydrogens (tertiary/aromatic N) is 3. The smallest absolute Gasteiger partial charge is 0.154 e. The number of rotatable bonds is 4. The third kappa shape index (κ3) is 2.61. The highest BCUT2D eigenvalue weighted by Crippen LogP contribution is 2.39. The molecule has 0 radical (unpaired) electrons. The lowest BCUT2D eigenvalue weighted by Gasteiger charge is -2.08. The van der Waals surface area contributed by atoms with Gasteiger partial charge in [0.15, 0.2) is 5.82 Å². The van der Waals surface area contributed by atoms with E-state index in [-0.39, 0.29) is 12.4 Å². The Morgan fingerprint density at radius 1 is 1.17 bits per heavy atom. The van der Waals surface area contributed by atoms with Crippen molar-refractivity contribution in [1.82, 2.24) is 14.8 Å². The van der Waals surface area contributed by atoms with Crippen molar-refractivity contribution in [3.63, 3.8) is 0 Å². The van der Waals surface area contributed by atoms with Gasteiger partial charge in [0.25, 0.3) is 0 Å². The zero-order chi connectivity index (χ0) is 16.7. The van der Waals surface area contributed by atoms with Crippen molar-refractivity contribution in [3.05, 3.63) is 65.4 Å². The van der Waals surface area contributed by atoms with Crippen LogP contribution in [0.25, 0.3) is 16.9 Å². The molecular weight excluding hydrogens is 305 g/mol. The molecule has 4 rings (SSSR count). The van der Waals surface area contributed by atoms with Crippen LogP contribution in [0.4, 0.5) is 4.39 Å². The number of hydrogen-bond acceptors (Lipinski definition) is 3. The number of aliphatic hydroxyl groups excluding tert-OH is 1. The van der Waals surface area contributed by atoms with E-state index in [9.17, 15) is 9.50 Å². The second kappa shape index (κ2) is 5.83. The molecule has 0 spiro atoms. The standard InChI is InChI=1S/C19H18FN3O/c1-12-19(14-7-9-15(20)10-8-14)17(11-24)23(22-12)18-4-2-3-16(21-18)13-5-6-13/h2-4,7-10,13,24H,5-6,11H2,1H3. The van der Waals surface area contributed by atoms with Gasteiger partial charge in [0.05, 0.1) is 18.0 Å². The summed E-state index contributed by atoms with van der Waals surface area (Å²) in [7, 11) is 0. The second-order valence-corrected chi connectivity index (χ2v) is 6.18. The van der Waals surface area contributed by atoms with E-state index in [0.717, 1.165) is 22.5 Å². The van der Waals surface area contributed by atoms with Gasteiger partial charge in [-0.15, -0.1) is 0 Å². The number of aryl methyl sites for hydroxylation is 1. The van der Waals surface area contributed by atoms with Crippen LogP contribution in [0.3, 0.4) is 0 Å². The summed E-state index contributed by atoms with van der Waals surface area (Å²) in [6.45, 7) is 1.72. The maximum absolute atomic E-state index is 13.2. The predicted octanol–water partition coefficient (Wildman–Crippen LogP) is 3.75. The minimum atomic E-state index is -0.284. The Kier molecular flexibility index (Phi) is 3.65. The van der Waals surface area contributed by atoms with E-state index in [2.05, 4.69) is 5.10 Å². The third-order valence-corrected chi connectivity index (χ3v) is 4.41. The summed E-state index contributed by atoms with van der Waals surface area (Å²) >= 11 is 0. The van der Waals surface area contributed by atoms with Crippen molar-refractivity contribution in [3.8, 4) is 16.9 Å². The first-order chi connectivity index (χ1) is 11.7. The molecule has 122 valence electrons. The Morgan fingerprint density at radius 3 is 2.58 bits per heavy atom. The van der Waals surface area contributed by atoms with Gasteiger partial charge in [-0.1, -0.05) is 18.2 Å². The summed E-state index contributed by atoms with van der Waals surface area (Å²) in [6.07, 6.45) is 2.37. The zero-order valence-electron chi connectivity index (χ0n) is 13.4. The van der Waals surface area contributed by atoms with Crippen LogP contribution < -0.4 is 0 Å². The SMILES string of the molecule is Cc1nn(-c2cccc(C3CC3)n2)c(CO)c1-c1ccc(F)cc1. The van der Waals surface area contributed by atoms with Gasteiger partial charge in [0, 0.05) is 17.2 Å². The second-order valence-electron chi connectivity index (χ2n) is 6.18. The number of aromatic nitrogens is 3. The molecule has 1 aliphatic carbocycles. The summed E-state index contributed by atoms with van der Waals surface area (Å²) < 4.78 is 14.9. The first kappa shape index (κ1) is 15.0. The van der Waals surface area contributed by atoms with E-state index in [4.69, 9.17) is 4.98 Å². The molecule has 4 nitrogen and oxygen atoms in total. The van der Waals surface area contributed by atoms with Crippen LogP contribution in [-0.4, -0.2) is 19.9 Å². The van der Waals surface area contributed by atoms with Gasteiger partial charge in [0.1, 0.15) is 5.82 Å². The molecule has 1 N–H and O–H groups in total. The number of hydrogen-bond donors (Lipinski definition) is 1. The fourth-order valence-electron chi connectivity index (χ4n) is 3.07. The average molecular weight is 323 g/mol. The minimum absolute atomic E-state index is 0.164.